The quantitative estimate of drug-likeness (QED) is 0.441. The first kappa shape index (κ1) is 22.9. The molecule has 0 aliphatic rings. The van der Waals surface area contributed by atoms with Gasteiger partial charge in [-0.15, -0.1) is 10.2 Å². The summed E-state index contributed by atoms with van der Waals surface area (Å²) in [5.74, 6) is 1.97. The van der Waals surface area contributed by atoms with E-state index >= 15 is 0 Å². The number of hydrogen-bond acceptors (Lipinski definition) is 5. The lowest BCUT2D eigenvalue weighted by atomic mass is 10.1. The highest BCUT2D eigenvalue weighted by Gasteiger charge is 2.17. The van der Waals surface area contributed by atoms with Gasteiger partial charge in [-0.3, -0.25) is 9.36 Å². The van der Waals surface area contributed by atoms with Gasteiger partial charge in [0.05, 0.1) is 12.4 Å². The van der Waals surface area contributed by atoms with Crippen LogP contribution >= 0.6 is 11.8 Å². The fraction of sp³-hybridized carbons (Fsp3) is 0.375. The molecule has 7 heteroatoms. The van der Waals surface area contributed by atoms with Crippen molar-refractivity contribution in [2.45, 2.75) is 51.2 Å². The molecule has 31 heavy (non-hydrogen) atoms. The van der Waals surface area contributed by atoms with Crippen LogP contribution in [-0.2, 0) is 11.2 Å². The van der Waals surface area contributed by atoms with E-state index in [4.69, 9.17) is 4.74 Å². The van der Waals surface area contributed by atoms with Crippen LogP contribution < -0.4 is 10.1 Å². The molecule has 0 radical (unpaired) electrons. The molecular weight excluding hydrogens is 408 g/mol. The van der Waals surface area contributed by atoms with Crippen LogP contribution in [0.3, 0.4) is 0 Å². The highest BCUT2D eigenvalue weighted by atomic mass is 32.2. The molecule has 3 rings (SSSR count). The number of aromatic nitrogens is 3. The maximum Gasteiger partial charge on any atom is 0.230 e. The molecule has 0 aliphatic carbocycles. The van der Waals surface area contributed by atoms with Crippen LogP contribution in [0.25, 0.3) is 5.69 Å². The predicted octanol–water partition coefficient (Wildman–Crippen LogP) is 4.65. The minimum atomic E-state index is 0.0181. The Balaban J connectivity index is 1.83. The summed E-state index contributed by atoms with van der Waals surface area (Å²) in [6.45, 7) is 6.76. The lowest BCUT2D eigenvalue weighted by Gasteiger charge is -2.15. The fourth-order valence-corrected chi connectivity index (χ4v) is 4.08. The molecule has 0 fully saturated rings. The molecule has 164 valence electrons. The van der Waals surface area contributed by atoms with Gasteiger partial charge < -0.3 is 10.1 Å². The van der Waals surface area contributed by atoms with E-state index in [1.807, 2.05) is 54.0 Å². The Morgan fingerprint density at radius 2 is 1.74 bits per heavy atom. The number of hydrogen-bond donors (Lipinski definition) is 1. The third kappa shape index (κ3) is 6.34. The summed E-state index contributed by atoms with van der Waals surface area (Å²) in [7, 11) is 0. The van der Waals surface area contributed by atoms with E-state index in [1.165, 1.54) is 11.8 Å². The molecule has 0 atom stereocenters. The van der Waals surface area contributed by atoms with Gasteiger partial charge in [0.25, 0.3) is 0 Å². The zero-order valence-corrected chi connectivity index (χ0v) is 19.2. The lowest BCUT2D eigenvalue weighted by Crippen LogP contribution is -2.35. The first-order valence-corrected chi connectivity index (χ1v) is 11.8. The fourth-order valence-electron chi connectivity index (χ4n) is 3.30. The summed E-state index contributed by atoms with van der Waals surface area (Å²) >= 11 is 1.40. The van der Waals surface area contributed by atoms with Gasteiger partial charge in [-0.1, -0.05) is 55.9 Å². The maximum absolute atomic E-state index is 12.4. The van der Waals surface area contributed by atoms with Crippen LogP contribution in [-0.4, -0.2) is 39.1 Å². The maximum atomic E-state index is 12.4. The van der Waals surface area contributed by atoms with Crippen LogP contribution in [0, 0.1) is 0 Å². The van der Waals surface area contributed by atoms with Gasteiger partial charge in [0.1, 0.15) is 11.6 Å². The molecule has 6 nitrogen and oxygen atoms in total. The third-order valence-electron chi connectivity index (χ3n) is 4.99. The van der Waals surface area contributed by atoms with E-state index in [2.05, 4.69) is 41.5 Å². The highest BCUT2D eigenvalue weighted by molar-refractivity contribution is 7.99. The molecule has 0 bridgehead atoms. The molecule has 0 spiro atoms. The van der Waals surface area contributed by atoms with E-state index < -0.39 is 0 Å². The predicted molar refractivity (Wildman–Crippen MR) is 125 cm³/mol. The number of thioether (sulfide) groups is 1. The molecular formula is C24H30N4O2S. The molecule has 1 heterocycles. The van der Waals surface area contributed by atoms with E-state index in [0.29, 0.717) is 23.9 Å². The monoisotopic (exact) mass is 438 g/mol. The Labute approximate surface area is 188 Å². The smallest absolute Gasteiger partial charge is 0.230 e. The van der Waals surface area contributed by atoms with Gasteiger partial charge in [0, 0.05) is 18.2 Å². The lowest BCUT2D eigenvalue weighted by molar-refractivity contribution is -0.119. The number of carbonyl (C=O) groups is 1. The minimum absolute atomic E-state index is 0.0181. The number of benzene rings is 2. The largest absolute Gasteiger partial charge is 0.494 e. The molecule has 0 unspecified atom stereocenters. The van der Waals surface area contributed by atoms with Crippen molar-refractivity contribution in [2.75, 3.05) is 12.4 Å². The Bertz CT molecular complexity index is 953. The van der Waals surface area contributed by atoms with Crippen molar-refractivity contribution in [1.29, 1.82) is 0 Å². The first-order valence-electron chi connectivity index (χ1n) is 10.8. The summed E-state index contributed by atoms with van der Waals surface area (Å²) in [6.07, 6.45) is 2.51. The number of ether oxygens (including phenoxy) is 1. The van der Waals surface area contributed by atoms with E-state index in [9.17, 15) is 4.79 Å². The van der Waals surface area contributed by atoms with Crippen molar-refractivity contribution in [3.8, 4) is 11.4 Å². The second kappa shape index (κ2) is 11.6. The zero-order chi connectivity index (χ0) is 22.1. The van der Waals surface area contributed by atoms with Gasteiger partial charge in [0.15, 0.2) is 5.16 Å². The Kier molecular flexibility index (Phi) is 8.53. The molecule has 0 aliphatic heterocycles. The van der Waals surface area contributed by atoms with Crippen molar-refractivity contribution in [1.82, 2.24) is 20.1 Å². The highest BCUT2D eigenvalue weighted by Crippen LogP contribution is 2.25. The Hall–Kier alpha value is -2.80. The standard InChI is InChI=1S/C24H30N4O2S/c1-4-19(5-2)25-23(29)17-31-24-27-26-22(16-18-10-8-7-9-11-18)28(24)20-12-14-21(15-13-20)30-6-3/h7-15,19H,4-6,16-17H2,1-3H3,(H,25,29). The molecule has 1 N–H and O–H groups in total. The first-order chi connectivity index (χ1) is 15.1. The van der Waals surface area contributed by atoms with Crippen molar-refractivity contribution in [3.05, 3.63) is 66.0 Å². The second-order valence-electron chi connectivity index (χ2n) is 7.19. The van der Waals surface area contributed by atoms with Gasteiger partial charge in [0.2, 0.25) is 5.91 Å². The zero-order valence-electron chi connectivity index (χ0n) is 18.4. The minimum Gasteiger partial charge on any atom is -0.494 e. The molecule has 0 saturated carbocycles. The topological polar surface area (TPSA) is 69.0 Å². The Morgan fingerprint density at radius 3 is 2.39 bits per heavy atom. The number of rotatable bonds is 11. The summed E-state index contributed by atoms with van der Waals surface area (Å²) in [5, 5.41) is 12.6. The number of amides is 1. The summed E-state index contributed by atoms with van der Waals surface area (Å²) in [6, 6.07) is 18.3. The normalized spacial score (nSPS) is 11.0. The van der Waals surface area contributed by atoms with Crippen LogP contribution in [0.2, 0.25) is 0 Å². The van der Waals surface area contributed by atoms with E-state index in [0.717, 1.165) is 35.7 Å². The Morgan fingerprint density at radius 1 is 1.03 bits per heavy atom. The molecule has 3 aromatic rings. The number of nitrogens with one attached hydrogen (secondary N) is 1. The molecule has 1 amide bonds. The number of carbonyl (C=O) groups excluding carboxylic acids is 1. The van der Waals surface area contributed by atoms with Crippen LogP contribution in [0.1, 0.15) is 45.0 Å². The van der Waals surface area contributed by atoms with Gasteiger partial charge in [-0.25, -0.2) is 0 Å². The van der Waals surface area contributed by atoms with Crippen molar-refractivity contribution in [3.63, 3.8) is 0 Å². The average molecular weight is 439 g/mol. The van der Waals surface area contributed by atoms with Crippen molar-refractivity contribution in [2.24, 2.45) is 0 Å². The number of nitrogens with zero attached hydrogens (tertiary/aromatic N) is 3. The molecule has 1 aromatic heterocycles. The van der Waals surface area contributed by atoms with E-state index in [-0.39, 0.29) is 11.9 Å². The summed E-state index contributed by atoms with van der Waals surface area (Å²) < 4.78 is 7.60. The third-order valence-corrected chi connectivity index (χ3v) is 5.92. The summed E-state index contributed by atoms with van der Waals surface area (Å²) in [5.41, 5.74) is 2.10. The van der Waals surface area contributed by atoms with Crippen molar-refractivity contribution >= 4 is 17.7 Å². The van der Waals surface area contributed by atoms with E-state index in [1.54, 1.807) is 0 Å². The second-order valence-corrected chi connectivity index (χ2v) is 8.14. The van der Waals surface area contributed by atoms with Crippen LogP contribution in [0.15, 0.2) is 59.8 Å². The van der Waals surface area contributed by atoms with Gasteiger partial charge in [-0.05, 0) is 49.6 Å². The molecule has 2 aromatic carbocycles. The van der Waals surface area contributed by atoms with Gasteiger partial charge >= 0.3 is 0 Å². The van der Waals surface area contributed by atoms with Gasteiger partial charge in [-0.2, -0.15) is 0 Å². The van der Waals surface area contributed by atoms with Crippen molar-refractivity contribution < 1.29 is 9.53 Å². The van der Waals surface area contributed by atoms with Crippen LogP contribution in [0.4, 0.5) is 0 Å². The summed E-state index contributed by atoms with van der Waals surface area (Å²) in [4.78, 5) is 12.4. The molecule has 0 saturated heterocycles. The SMILES string of the molecule is CCOc1ccc(-n2c(Cc3ccccc3)nnc2SCC(=O)NC(CC)CC)cc1. The van der Waals surface area contributed by atoms with Crippen LogP contribution in [0.5, 0.6) is 5.75 Å². The average Bonchev–Trinajstić information content (AvgIpc) is 3.19.